The summed E-state index contributed by atoms with van der Waals surface area (Å²) in [5.41, 5.74) is 0.140. The SMILES string of the molecule is CC1CSCC12C(C)C(=O)NC2(C)C. The molecule has 2 nitrogen and oxygen atoms in total. The molecule has 1 spiro atoms. The van der Waals surface area contributed by atoms with Crippen molar-refractivity contribution in [1.29, 1.82) is 0 Å². The van der Waals surface area contributed by atoms with E-state index in [2.05, 4.69) is 33.0 Å². The molecule has 1 N–H and O–H groups in total. The maximum atomic E-state index is 11.8. The Morgan fingerprint density at radius 1 is 1.43 bits per heavy atom. The monoisotopic (exact) mass is 213 g/mol. The van der Waals surface area contributed by atoms with Gasteiger partial charge in [-0.05, 0) is 25.5 Å². The second-order valence-electron chi connectivity index (χ2n) is 5.29. The van der Waals surface area contributed by atoms with Crippen LogP contribution in [0.5, 0.6) is 0 Å². The molecule has 2 heterocycles. The lowest BCUT2D eigenvalue weighted by Crippen LogP contribution is -2.51. The lowest BCUT2D eigenvalue weighted by molar-refractivity contribution is -0.123. The molecule has 3 atom stereocenters. The number of nitrogens with one attached hydrogen (secondary N) is 1. The van der Waals surface area contributed by atoms with E-state index in [0.717, 1.165) is 5.75 Å². The van der Waals surface area contributed by atoms with Gasteiger partial charge >= 0.3 is 0 Å². The molecule has 14 heavy (non-hydrogen) atoms. The summed E-state index contributed by atoms with van der Waals surface area (Å²) in [4.78, 5) is 11.8. The maximum Gasteiger partial charge on any atom is 0.223 e. The average Bonchev–Trinajstić information content (AvgIpc) is 2.52. The molecule has 2 aliphatic heterocycles. The number of rotatable bonds is 0. The van der Waals surface area contributed by atoms with E-state index >= 15 is 0 Å². The van der Waals surface area contributed by atoms with Gasteiger partial charge in [-0.15, -0.1) is 0 Å². The number of hydrogen-bond acceptors (Lipinski definition) is 2. The quantitative estimate of drug-likeness (QED) is 0.666. The van der Waals surface area contributed by atoms with Crippen molar-refractivity contribution in [2.45, 2.75) is 33.2 Å². The van der Waals surface area contributed by atoms with Crippen molar-refractivity contribution in [3.8, 4) is 0 Å². The van der Waals surface area contributed by atoms with Gasteiger partial charge in [0.15, 0.2) is 0 Å². The number of amides is 1. The van der Waals surface area contributed by atoms with Crippen LogP contribution in [-0.2, 0) is 4.79 Å². The standard InChI is InChI=1S/C11H19NOS/c1-7-5-14-6-11(7)8(2)9(13)12-10(11,3)4/h7-8H,5-6H2,1-4H3,(H,12,13). The fourth-order valence-corrected chi connectivity index (χ4v) is 5.35. The first-order chi connectivity index (χ1) is 6.42. The van der Waals surface area contributed by atoms with E-state index in [-0.39, 0.29) is 22.8 Å². The topological polar surface area (TPSA) is 29.1 Å². The van der Waals surface area contributed by atoms with E-state index in [1.54, 1.807) is 0 Å². The van der Waals surface area contributed by atoms with Gasteiger partial charge in [-0.3, -0.25) is 4.79 Å². The summed E-state index contributed by atoms with van der Waals surface area (Å²) in [6.45, 7) is 8.73. The first-order valence-corrected chi connectivity index (χ1v) is 6.47. The number of thioether (sulfide) groups is 1. The van der Waals surface area contributed by atoms with Crippen LogP contribution in [0.3, 0.4) is 0 Å². The smallest absolute Gasteiger partial charge is 0.223 e. The maximum absolute atomic E-state index is 11.8. The average molecular weight is 213 g/mol. The molecule has 0 aromatic rings. The number of hydrogen-bond donors (Lipinski definition) is 1. The Hall–Kier alpha value is -0.180. The summed E-state index contributed by atoms with van der Waals surface area (Å²) in [5.74, 6) is 3.37. The molecule has 3 unspecified atom stereocenters. The molecule has 2 fully saturated rings. The van der Waals surface area contributed by atoms with Crippen molar-refractivity contribution in [3.05, 3.63) is 0 Å². The van der Waals surface area contributed by atoms with E-state index in [4.69, 9.17) is 0 Å². The third-order valence-corrected chi connectivity index (χ3v) is 5.77. The van der Waals surface area contributed by atoms with Gasteiger partial charge in [0, 0.05) is 22.6 Å². The number of carbonyl (C=O) groups excluding carboxylic acids is 1. The Bertz CT molecular complexity index is 276. The van der Waals surface area contributed by atoms with E-state index in [1.165, 1.54) is 5.75 Å². The van der Waals surface area contributed by atoms with Crippen LogP contribution in [0.4, 0.5) is 0 Å². The van der Waals surface area contributed by atoms with Crippen molar-refractivity contribution in [1.82, 2.24) is 5.32 Å². The Kier molecular flexibility index (Phi) is 2.15. The zero-order valence-electron chi connectivity index (χ0n) is 9.39. The summed E-state index contributed by atoms with van der Waals surface area (Å²) in [6.07, 6.45) is 0. The highest BCUT2D eigenvalue weighted by Gasteiger charge is 2.61. The van der Waals surface area contributed by atoms with E-state index < -0.39 is 0 Å². The van der Waals surface area contributed by atoms with Gasteiger partial charge in [0.1, 0.15) is 0 Å². The zero-order valence-corrected chi connectivity index (χ0v) is 10.2. The molecule has 2 rings (SSSR count). The van der Waals surface area contributed by atoms with Crippen molar-refractivity contribution < 1.29 is 4.79 Å². The second-order valence-corrected chi connectivity index (χ2v) is 6.32. The van der Waals surface area contributed by atoms with Gasteiger partial charge in [0.25, 0.3) is 0 Å². The highest BCUT2D eigenvalue weighted by molar-refractivity contribution is 7.99. The van der Waals surface area contributed by atoms with Gasteiger partial charge in [-0.25, -0.2) is 0 Å². The molecule has 80 valence electrons. The minimum atomic E-state index is -0.0353. The van der Waals surface area contributed by atoms with Crippen LogP contribution in [0.2, 0.25) is 0 Å². The van der Waals surface area contributed by atoms with Crippen LogP contribution in [-0.4, -0.2) is 23.0 Å². The molecule has 0 bridgehead atoms. The first kappa shape index (κ1) is 10.3. The summed E-state index contributed by atoms with van der Waals surface area (Å²) < 4.78 is 0. The van der Waals surface area contributed by atoms with Crippen molar-refractivity contribution in [2.24, 2.45) is 17.3 Å². The molecule has 0 aliphatic carbocycles. The summed E-state index contributed by atoms with van der Waals surface area (Å²) in [7, 11) is 0. The third-order valence-electron chi connectivity index (χ3n) is 4.35. The van der Waals surface area contributed by atoms with Crippen molar-refractivity contribution >= 4 is 17.7 Å². The Morgan fingerprint density at radius 3 is 2.43 bits per heavy atom. The molecule has 2 aliphatic rings. The highest BCUT2D eigenvalue weighted by Crippen LogP contribution is 2.56. The molecule has 3 heteroatoms. The summed E-state index contributed by atoms with van der Waals surface area (Å²) >= 11 is 1.99. The van der Waals surface area contributed by atoms with E-state index in [1.807, 2.05) is 11.8 Å². The van der Waals surface area contributed by atoms with Crippen molar-refractivity contribution in [2.75, 3.05) is 11.5 Å². The lowest BCUT2D eigenvalue weighted by Gasteiger charge is -2.42. The zero-order chi connectivity index (χ0) is 10.6. The lowest BCUT2D eigenvalue weighted by atomic mass is 9.62. The van der Waals surface area contributed by atoms with Crippen molar-refractivity contribution in [3.63, 3.8) is 0 Å². The Morgan fingerprint density at radius 2 is 2.07 bits per heavy atom. The normalized spacial score (nSPS) is 45.9. The largest absolute Gasteiger partial charge is 0.350 e. The van der Waals surface area contributed by atoms with Crippen LogP contribution in [0, 0.1) is 17.3 Å². The molecule has 0 aromatic heterocycles. The minimum Gasteiger partial charge on any atom is -0.350 e. The first-order valence-electron chi connectivity index (χ1n) is 5.31. The second kappa shape index (κ2) is 2.91. The fourth-order valence-electron chi connectivity index (χ4n) is 3.35. The van der Waals surface area contributed by atoms with Crippen LogP contribution in [0.1, 0.15) is 27.7 Å². The molecule has 0 aromatic carbocycles. The molecule has 1 amide bonds. The number of carbonyl (C=O) groups is 1. The third kappa shape index (κ3) is 1.02. The molecular weight excluding hydrogens is 194 g/mol. The predicted molar refractivity (Wildman–Crippen MR) is 60.3 cm³/mol. The summed E-state index contributed by atoms with van der Waals surface area (Å²) in [6, 6.07) is 0. The molecule has 2 saturated heterocycles. The summed E-state index contributed by atoms with van der Waals surface area (Å²) in [5, 5.41) is 3.15. The highest BCUT2D eigenvalue weighted by atomic mass is 32.2. The predicted octanol–water partition coefficient (Wildman–Crippen LogP) is 1.90. The van der Waals surface area contributed by atoms with E-state index in [0.29, 0.717) is 5.92 Å². The minimum absolute atomic E-state index is 0.0353. The van der Waals surface area contributed by atoms with E-state index in [9.17, 15) is 4.79 Å². The Labute approximate surface area is 90.2 Å². The fraction of sp³-hybridized carbons (Fsp3) is 0.909. The van der Waals surface area contributed by atoms with Crippen LogP contribution in [0.15, 0.2) is 0 Å². The van der Waals surface area contributed by atoms with Crippen LogP contribution >= 0.6 is 11.8 Å². The van der Waals surface area contributed by atoms with Gasteiger partial charge in [0.05, 0.1) is 0 Å². The van der Waals surface area contributed by atoms with Gasteiger partial charge in [-0.1, -0.05) is 13.8 Å². The van der Waals surface area contributed by atoms with Gasteiger partial charge < -0.3 is 5.32 Å². The molecule has 0 saturated carbocycles. The van der Waals surface area contributed by atoms with Crippen LogP contribution in [0.25, 0.3) is 0 Å². The van der Waals surface area contributed by atoms with Gasteiger partial charge in [-0.2, -0.15) is 11.8 Å². The molecule has 0 radical (unpaired) electrons. The molecular formula is C11H19NOS. The van der Waals surface area contributed by atoms with Gasteiger partial charge in [0.2, 0.25) is 5.91 Å². The van der Waals surface area contributed by atoms with Crippen LogP contribution < -0.4 is 5.32 Å². The Balaban J connectivity index is 2.45.